The first kappa shape index (κ1) is 20.0. The van der Waals surface area contributed by atoms with E-state index in [1.807, 2.05) is 0 Å². The van der Waals surface area contributed by atoms with Crippen LogP contribution in [0.5, 0.6) is 11.5 Å². The minimum Gasteiger partial charge on any atom is -0.454 e. The monoisotopic (exact) mass is 438 g/mol. The lowest BCUT2D eigenvalue weighted by Crippen LogP contribution is -2.36. The van der Waals surface area contributed by atoms with E-state index in [0.29, 0.717) is 30.2 Å². The number of halogens is 3. The van der Waals surface area contributed by atoms with Gasteiger partial charge in [0.25, 0.3) is 5.91 Å². The predicted octanol–water partition coefficient (Wildman–Crippen LogP) is 3.18. The third-order valence-electron chi connectivity index (χ3n) is 5.74. The van der Waals surface area contributed by atoms with Gasteiger partial charge in [0, 0.05) is 25.6 Å². The number of carbonyl (C=O) groups is 1. The average Bonchev–Trinajstić information content (AvgIpc) is 3.50. The molecule has 1 aromatic carbocycles. The maximum Gasteiger partial charge on any atom is 0.410 e. The molecular formula is C20H21F3N4O4. The van der Waals surface area contributed by atoms with E-state index < -0.39 is 24.2 Å². The molecule has 2 N–H and O–H groups in total. The summed E-state index contributed by atoms with van der Waals surface area (Å²) in [5.41, 5.74) is 0.566. The number of fused-ring (bicyclic) bond motifs is 2. The van der Waals surface area contributed by atoms with Gasteiger partial charge in [0.15, 0.2) is 23.2 Å². The molecule has 1 aromatic heterocycles. The third-order valence-corrected chi connectivity index (χ3v) is 5.74. The molecular weight excluding hydrogens is 417 g/mol. The Morgan fingerprint density at radius 1 is 1.26 bits per heavy atom. The van der Waals surface area contributed by atoms with Crippen LogP contribution in [0, 0.1) is 0 Å². The number of rotatable bonds is 4. The summed E-state index contributed by atoms with van der Waals surface area (Å²) in [5, 5.41) is 9.74. The van der Waals surface area contributed by atoms with Gasteiger partial charge >= 0.3 is 6.18 Å². The summed E-state index contributed by atoms with van der Waals surface area (Å²) >= 11 is 0. The number of carbonyl (C=O) groups excluding carboxylic acids is 1. The number of alkyl halides is 3. The van der Waals surface area contributed by atoms with Gasteiger partial charge in [-0.05, 0) is 30.5 Å². The number of nitrogens with one attached hydrogen (secondary N) is 2. The van der Waals surface area contributed by atoms with E-state index in [-0.39, 0.29) is 30.8 Å². The molecule has 0 aliphatic carbocycles. The molecule has 31 heavy (non-hydrogen) atoms. The van der Waals surface area contributed by atoms with E-state index in [1.165, 1.54) is 6.07 Å². The molecule has 0 unspecified atom stereocenters. The normalized spacial score (nSPS) is 24.5. The van der Waals surface area contributed by atoms with Crippen molar-refractivity contribution in [3.05, 3.63) is 35.5 Å². The van der Waals surface area contributed by atoms with Crippen LogP contribution in [0.2, 0.25) is 0 Å². The maximum absolute atomic E-state index is 13.8. The van der Waals surface area contributed by atoms with Crippen LogP contribution in [0.1, 0.15) is 47.4 Å². The summed E-state index contributed by atoms with van der Waals surface area (Å²) in [7, 11) is 0. The second-order valence-corrected chi connectivity index (χ2v) is 7.81. The van der Waals surface area contributed by atoms with Crippen LogP contribution in [0.25, 0.3) is 0 Å². The standard InChI is InChI=1S/C20H21F3N4O4/c21-20(22,23)17-7-13(11-3-4-15-16(6-11)31-10-30-15)25-18-8-14(26-27(17)18)19(28)24-9-12-2-1-5-29-12/h3-4,6,8,12-13,17,25H,1-2,5,7,9-10H2,(H,24,28)/t12-,13-,17+/m0/s1. The molecule has 3 aliphatic heterocycles. The number of nitrogens with zero attached hydrogens (tertiary/aromatic N) is 2. The van der Waals surface area contributed by atoms with Crippen LogP contribution >= 0.6 is 0 Å². The number of aromatic nitrogens is 2. The molecule has 3 atom stereocenters. The molecule has 3 aliphatic rings. The SMILES string of the molecule is O=C(NC[C@@H]1CCCO1)c1cc2n(n1)[C@@H](C(F)(F)F)C[C@@H](c1ccc3c(c1)OCO3)N2. The van der Waals surface area contributed by atoms with Crippen molar-refractivity contribution in [2.75, 3.05) is 25.3 Å². The largest absolute Gasteiger partial charge is 0.454 e. The molecule has 8 nitrogen and oxygen atoms in total. The van der Waals surface area contributed by atoms with Crippen LogP contribution in [-0.4, -0.2) is 47.9 Å². The number of anilines is 1. The number of benzene rings is 1. The Hall–Kier alpha value is -2.95. The minimum absolute atomic E-state index is 0.0684. The number of amides is 1. The molecule has 0 saturated carbocycles. The van der Waals surface area contributed by atoms with E-state index in [4.69, 9.17) is 14.2 Å². The van der Waals surface area contributed by atoms with Crippen molar-refractivity contribution in [3.8, 4) is 11.5 Å². The van der Waals surface area contributed by atoms with E-state index in [0.717, 1.165) is 17.5 Å². The third kappa shape index (κ3) is 3.89. The van der Waals surface area contributed by atoms with Gasteiger partial charge in [-0.25, -0.2) is 4.68 Å². The summed E-state index contributed by atoms with van der Waals surface area (Å²) in [5.74, 6) is 0.663. The van der Waals surface area contributed by atoms with E-state index >= 15 is 0 Å². The smallest absolute Gasteiger partial charge is 0.410 e. The quantitative estimate of drug-likeness (QED) is 0.763. The fourth-order valence-electron chi connectivity index (χ4n) is 4.14. The van der Waals surface area contributed by atoms with Crippen molar-refractivity contribution in [1.29, 1.82) is 0 Å². The molecule has 1 fully saturated rings. The van der Waals surface area contributed by atoms with Gasteiger partial charge in [0.1, 0.15) is 5.82 Å². The predicted molar refractivity (Wildman–Crippen MR) is 102 cm³/mol. The van der Waals surface area contributed by atoms with Crippen molar-refractivity contribution in [1.82, 2.24) is 15.1 Å². The zero-order valence-corrected chi connectivity index (χ0v) is 16.4. The first-order valence-electron chi connectivity index (χ1n) is 10.1. The van der Waals surface area contributed by atoms with Gasteiger partial charge in [-0.15, -0.1) is 0 Å². The molecule has 0 bridgehead atoms. The second kappa shape index (κ2) is 7.63. The summed E-state index contributed by atoms with van der Waals surface area (Å²) in [6.07, 6.45) is -3.10. The Morgan fingerprint density at radius 2 is 2.10 bits per heavy atom. The molecule has 5 rings (SSSR count). The summed E-state index contributed by atoms with van der Waals surface area (Å²) in [4.78, 5) is 12.5. The molecule has 0 spiro atoms. The fourth-order valence-corrected chi connectivity index (χ4v) is 4.14. The van der Waals surface area contributed by atoms with Gasteiger partial charge in [0.05, 0.1) is 12.1 Å². The van der Waals surface area contributed by atoms with Gasteiger partial charge in [0.2, 0.25) is 6.79 Å². The van der Waals surface area contributed by atoms with Crippen molar-refractivity contribution >= 4 is 11.7 Å². The van der Waals surface area contributed by atoms with Gasteiger partial charge < -0.3 is 24.8 Å². The van der Waals surface area contributed by atoms with Gasteiger partial charge in [-0.3, -0.25) is 4.79 Å². The molecule has 4 heterocycles. The lowest BCUT2D eigenvalue weighted by Gasteiger charge is -2.33. The topological polar surface area (TPSA) is 86.6 Å². The molecule has 166 valence electrons. The Kier molecular flexibility index (Phi) is 4.92. The Morgan fingerprint density at radius 3 is 2.87 bits per heavy atom. The molecule has 1 amide bonds. The highest BCUT2D eigenvalue weighted by molar-refractivity contribution is 5.93. The van der Waals surface area contributed by atoms with Crippen LogP contribution in [0.4, 0.5) is 19.0 Å². The number of ether oxygens (including phenoxy) is 3. The zero-order chi connectivity index (χ0) is 21.6. The first-order valence-corrected chi connectivity index (χ1v) is 10.1. The highest BCUT2D eigenvalue weighted by Gasteiger charge is 2.47. The number of hydrogen-bond acceptors (Lipinski definition) is 6. The second-order valence-electron chi connectivity index (χ2n) is 7.81. The summed E-state index contributed by atoms with van der Waals surface area (Å²) in [6, 6.07) is 3.92. The van der Waals surface area contributed by atoms with Crippen LogP contribution < -0.4 is 20.1 Å². The van der Waals surface area contributed by atoms with Crippen LogP contribution in [0.15, 0.2) is 24.3 Å². The molecule has 2 aromatic rings. The van der Waals surface area contributed by atoms with E-state index in [9.17, 15) is 18.0 Å². The first-order chi connectivity index (χ1) is 14.9. The lowest BCUT2D eigenvalue weighted by molar-refractivity contribution is -0.173. The highest BCUT2D eigenvalue weighted by Crippen LogP contribution is 2.45. The maximum atomic E-state index is 13.8. The number of hydrogen-bond donors (Lipinski definition) is 2. The van der Waals surface area contributed by atoms with Crippen LogP contribution in [-0.2, 0) is 4.74 Å². The Balaban J connectivity index is 1.39. The molecule has 1 saturated heterocycles. The zero-order valence-electron chi connectivity index (χ0n) is 16.4. The Labute approximate surface area is 175 Å². The van der Waals surface area contributed by atoms with Crippen molar-refractivity contribution in [2.45, 2.75) is 43.6 Å². The fraction of sp³-hybridized carbons (Fsp3) is 0.500. The molecule has 11 heteroatoms. The van der Waals surface area contributed by atoms with E-state index in [2.05, 4.69) is 15.7 Å². The van der Waals surface area contributed by atoms with Gasteiger partial charge in [-0.1, -0.05) is 6.07 Å². The summed E-state index contributed by atoms with van der Waals surface area (Å²) in [6.45, 7) is 1.04. The minimum atomic E-state index is -4.52. The van der Waals surface area contributed by atoms with E-state index in [1.54, 1.807) is 18.2 Å². The lowest BCUT2D eigenvalue weighted by atomic mass is 9.96. The average molecular weight is 438 g/mol. The van der Waals surface area contributed by atoms with Crippen molar-refractivity contribution in [2.24, 2.45) is 0 Å². The van der Waals surface area contributed by atoms with Crippen molar-refractivity contribution < 1.29 is 32.2 Å². The van der Waals surface area contributed by atoms with Crippen LogP contribution in [0.3, 0.4) is 0 Å². The summed E-state index contributed by atoms with van der Waals surface area (Å²) < 4.78 is 58.4. The Bertz CT molecular complexity index is 987. The van der Waals surface area contributed by atoms with Crippen molar-refractivity contribution in [3.63, 3.8) is 0 Å². The highest BCUT2D eigenvalue weighted by atomic mass is 19.4. The van der Waals surface area contributed by atoms with Gasteiger partial charge in [-0.2, -0.15) is 18.3 Å². The molecule has 0 radical (unpaired) electrons.